The number of Topliss-reactive ketones (excluding diaryl/α,β-unsaturated/α-hetero) is 1. The summed E-state index contributed by atoms with van der Waals surface area (Å²) in [6.45, 7) is 8.49. The molecule has 2 aliphatic heterocycles. The monoisotopic (exact) mass is 370 g/mol. The zero-order valence-electron chi connectivity index (χ0n) is 16.6. The van der Waals surface area contributed by atoms with Gasteiger partial charge in [0.15, 0.2) is 0 Å². The zero-order chi connectivity index (χ0) is 19.0. The lowest BCUT2D eigenvalue weighted by molar-refractivity contribution is -0.115. The van der Waals surface area contributed by atoms with E-state index in [2.05, 4.69) is 28.9 Å². The fraction of sp³-hybridized carbons (Fsp3) is 0.609. The first kappa shape index (κ1) is 18.7. The number of ketones is 1. The van der Waals surface area contributed by atoms with Gasteiger partial charge in [0.05, 0.1) is 6.54 Å². The van der Waals surface area contributed by atoms with Crippen LogP contribution in [0.3, 0.4) is 0 Å². The number of piperidine rings is 1. The van der Waals surface area contributed by atoms with Crippen molar-refractivity contribution in [1.29, 1.82) is 0 Å². The molecule has 0 aromatic heterocycles. The highest BCUT2D eigenvalue weighted by Gasteiger charge is 2.44. The molecule has 1 fully saturated rings. The third kappa shape index (κ3) is 3.82. The normalized spacial score (nSPS) is 26.7. The largest absolute Gasteiger partial charge is 0.363 e. The van der Waals surface area contributed by atoms with Crippen LogP contribution in [-0.4, -0.2) is 43.4 Å². The quantitative estimate of drug-likeness (QED) is 0.727. The summed E-state index contributed by atoms with van der Waals surface area (Å²) in [6, 6.07) is 5.11. The van der Waals surface area contributed by atoms with Crippen LogP contribution in [0.2, 0.25) is 0 Å². The average Bonchev–Trinajstić information content (AvgIpc) is 3.16. The summed E-state index contributed by atoms with van der Waals surface area (Å²) in [4.78, 5) is 16.4. The molecular formula is C23H31FN2O. The van der Waals surface area contributed by atoms with Gasteiger partial charge in [-0.1, -0.05) is 19.1 Å². The Kier molecular flexibility index (Phi) is 5.11. The first-order valence-corrected chi connectivity index (χ1v) is 10.4. The van der Waals surface area contributed by atoms with Crippen LogP contribution in [0.4, 0.5) is 10.1 Å². The second-order valence-corrected chi connectivity index (χ2v) is 8.99. The molecule has 1 aliphatic carbocycles. The number of benzene rings is 1. The number of hydrogen-bond acceptors (Lipinski definition) is 3. The van der Waals surface area contributed by atoms with E-state index in [4.69, 9.17) is 0 Å². The molecule has 2 heterocycles. The summed E-state index contributed by atoms with van der Waals surface area (Å²) in [7, 11) is 0. The van der Waals surface area contributed by atoms with Crippen molar-refractivity contribution in [3.63, 3.8) is 0 Å². The van der Waals surface area contributed by atoms with Gasteiger partial charge in [-0.2, -0.15) is 0 Å². The Balaban J connectivity index is 1.42. The summed E-state index contributed by atoms with van der Waals surface area (Å²) < 4.78 is 14.0. The first-order chi connectivity index (χ1) is 12.9. The van der Waals surface area contributed by atoms with Crippen molar-refractivity contribution in [2.75, 3.05) is 37.6 Å². The predicted octanol–water partition coefficient (Wildman–Crippen LogP) is 4.17. The van der Waals surface area contributed by atoms with Crippen LogP contribution in [0.25, 0.3) is 0 Å². The fourth-order valence-electron chi connectivity index (χ4n) is 5.33. The van der Waals surface area contributed by atoms with E-state index in [0.29, 0.717) is 6.54 Å². The number of likely N-dealkylation sites (tertiary alicyclic amines) is 1. The SMILES string of the molecule is CC(=O)CN1CC2(CCN(CC[C@H]3C=C[C@@H](C)C3)CC2)c2cc(F)ccc21. The maximum absolute atomic E-state index is 14.0. The lowest BCUT2D eigenvalue weighted by Gasteiger charge is -2.40. The van der Waals surface area contributed by atoms with Crippen molar-refractivity contribution >= 4 is 11.5 Å². The van der Waals surface area contributed by atoms with Crippen molar-refractivity contribution in [1.82, 2.24) is 4.90 Å². The summed E-state index contributed by atoms with van der Waals surface area (Å²) >= 11 is 0. The Hall–Kier alpha value is -1.68. The molecular weight excluding hydrogens is 339 g/mol. The number of nitrogens with zero attached hydrogens (tertiary/aromatic N) is 2. The second-order valence-electron chi connectivity index (χ2n) is 8.99. The van der Waals surface area contributed by atoms with Crippen molar-refractivity contribution in [2.24, 2.45) is 11.8 Å². The van der Waals surface area contributed by atoms with Crippen molar-refractivity contribution in [3.05, 3.63) is 41.7 Å². The zero-order valence-corrected chi connectivity index (χ0v) is 16.6. The number of hydrogen-bond donors (Lipinski definition) is 0. The van der Waals surface area contributed by atoms with Crippen molar-refractivity contribution < 1.29 is 9.18 Å². The molecule has 2 atom stereocenters. The van der Waals surface area contributed by atoms with Gasteiger partial charge in [-0.3, -0.25) is 4.79 Å². The van der Waals surface area contributed by atoms with Crippen LogP contribution in [0.15, 0.2) is 30.4 Å². The highest BCUT2D eigenvalue weighted by molar-refractivity contribution is 5.82. The minimum absolute atomic E-state index is 0.00512. The standard InChI is InChI=1S/C23H31FN2O/c1-17-3-4-19(13-17)7-10-25-11-8-23(9-12-25)16-26(15-18(2)27)22-6-5-20(24)14-21(22)23/h3-6,14,17,19H,7-13,15-16H2,1-2H3/t17-,19-/m1/s1. The predicted molar refractivity (Wildman–Crippen MR) is 108 cm³/mol. The van der Waals surface area contributed by atoms with E-state index in [-0.39, 0.29) is 17.0 Å². The van der Waals surface area contributed by atoms with Gasteiger partial charge in [0.25, 0.3) is 0 Å². The van der Waals surface area contributed by atoms with E-state index in [9.17, 15) is 9.18 Å². The Morgan fingerprint density at radius 2 is 2.04 bits per heavy atom. The van der Waals surface area contributed by atoms with Crippen LogP contribution in [-0.2, 0) is 10.2 Å². The molecule has 4 rings (SSSR count). The Morgan fingerprint density at radius 1 is 1.26 bits per heavy atom. The van der Waals surface area contributed by atoms with Crippen molar-refractivity contribution in [2.45, 2.75) is 44.9 Å². The smallest absolute Gasteiger partial charge is 0.149 e. The van der Waals surface area contributed by atoms with E-state index in [1.165, 1.54) is 18.9 Å². The highest BCUT2D eigenvalue weighted by atomic mass is 19.1. The summed E-state index contributed by atoms with van der Waals surface area (Å²) in [5.41, 5.74) is 2.19. The molecule has 27 heavy (non-hydrogen) atoms. The van der Waals surface area contributed by atoms with Crippen LogP contribution >= 0.6 is 0 Å². The van der Waals surface area contributed by atoms with Gasteiger partial charge in [0.2, 0.25) is 0 Å². The third-order valence-electron chi connectivity index (χ3n) is 6.79. The number of carbonyl (C=O) groups excluding carboxylic acids is 1. The molecule has 1 spiro atoms. The third-order valence-corrected chi connectivity index (χ3v) is 6.79. The molecule has 0 N–H and O–H groups in total. The van der Waals surface area contributed by atoms with E-state index in [1.807, 2.05) is 6.07 Å². The van der Waals surface area contributed by atoms with Gasteiger partial charge in [0, 0.05) is 17.6 Å². The number of allylic oxidation sites excluding steroid dienone is 2. The summed E-state index contributed by atoms with van der Waals surface area (Å²) in [5.74, 6) is 1.47. The van der Waals surface area contributed by atoms with E-state index in [0.717, 1.165) is 62.1 Å². The maximum atomic E-state index is 14.0. The van der Waals surface area contributed by atoms with Crippen molar-refractivity contribution in [3.8, 4) is 0 Å². The first-order valence-electron chi connectivity index (χ1n) is 10.4. The molecule has 0 bridgehead atoms. The average molecular weight is 371 g/mol. The van der Waals surface area contributed by atoms with Gasteiger partial charge < -0.3 is 9.80 Å². The molecule has 3 aliphatic rings. The number of anilines is 1. The van der Waals surface area contributed by atoms with Crippen LogP contribution in [0.1, 0.15) is 45.1 Å². The number of halogens is 1. The molecule has 1 aromatic carbocycles. The molecule has 146 valence electrons. The van der Waals surface area contributed by atoms with E-state index < -0.39 is 0 Å². The molecule has 0 amide bonds. The second kappa shape index (κ2) is 7.38. The molecule has 3 nitrogen and oxygen atoms in total. The molecule has 0 saturated carbocycles. The minimum atomic E-state index is -0.164. The van der Waals surface area contributed by atoms with Crippen LogP contribution in [0.5, 0.6) is 0 Å². The van der Waals surface area contributed by atoms with Gasteiger partial charge in [0.1, 0.15) is 11.6 Å². The molecule has 1 saturated heterocycles. The van der Waals surface area contributed by atoms with E-state index >= 15 is 0 Å². The molecule has 0 radical (unpaired) electrons. The molecule has 4 heteroatoms. The summed E-state index contributed by atoms with van der Waals surface area (Å²) in [5, 5.41) is 0. The minimum Gasteiger partial charge on any atom is -0.363 e. The molecule has 1 aromatic rings. The summed E-state index contributed by atoms with van der Waals surface area (Å²) in [6.07, 6.45) is 9.39. The number of rotatable bonds is 5. The highest BCUT2D eigenvalue weighted by Crippen LogP contribution is 2.47. The number of fused-ring (bicyclic) bond motifs is 2. The van der Waals surface area contributed by atoms with E-state index in [1.54, 1.807) is 13.0 Å². The van der Waals surface area contributed by atoms with Gasteiger partial charge in [-0.25, -0.2) is 4.39 Å². The van der Waals surface area contributed by atoms with Gasteiger partial charge in [-0.05, 0) is 87.8 Å². The van der Waals surface area contributed by atoms with Crippen LogP contribution in [0, 0.1) is 17.7 Å². The Morgan fingerprint density at radius 3 is 2.70 bits per heavy atom. The van der Waals surface area contributed by atoms with Gasteiger partial charge in [-0.15, -0.1) is 0 Å². The molecule has 0 unspecified atom stereocenters. The fourth-order valence-corrected chi connectivity index (χ4v) is 5.33. The maximum Gasteiger partial charge on any atom is 0.149 e. The van der Waals surface area contributed by atoms with Crippen LogP contribution < -0.4 is 4.90 Å². The van der Waals surface area contributed by atoms with Gasteiger partial charge >= 0.3 is 0 Å². The lowest BCUT2D eigenvalue weighted by Crippen LogP contribution is -2.46. The lowest BCUT2D eigenvalue weighted by atomic mass is 9.74. The topological polar surface area (TPSA) is 23.6 Å². The number of carbonyl (C=O) groups is 1. The Bertz CT molecular complexity index is 736. The Labute approximate surface area is 162 Å².